The van der Waals surface area contributed by atoms with Crippen LogP contribution in [0.5, 0.6) is 0 Å². The summed E-state index contributed by atoms with van der Waals surface area (Å²) in [6.45, 7) is 2.97. The van der Waals surface area contributed by atoms with Crippen molar-refractivity contribution in [1.82, 2.24) is 9.62 Å². The highest BCUT2D eigenvalue weighted by atomic mass is 32.2. The lowest BCUT2D eigenvalue weighted by atomic mass is 9.84. The van der Waals surface area contributed by atoms with E-state index in [1.54, 1.807) is 24.3 Å². The second kappa shape index (κ2) is 8.06. The molecule has 5 rings (SSSR count). The number of rotatable bonds is 5. The number of fused-ring (bicyclic) bond motifs is 3. The molecule has 1 aliphatic heterocycles. The van der Waals surface area contributed by atoms with Crippen molar-refractivity contribution in [3.05, 3.63) is 65.2 Å². The van der Waals surface area contributed by atoms with E-state index in [-0.39, 0.29) is 16.8 Å². The summed E-state index contributed by atoms with van der Waals surface area (Å²) < 4.78 is 27.8. The minimum atomic E-state index is -3.59. The van der Waals surface area contributed by atoms with Gasteiger partial charge in [0.2, 0.25) is 10.0 Å². The number of hydrogen-bond acceptors (Lipinski definition) is 3. The van der Waals surface area contributed by atoms with E-state index in [2.05, 4.69) is 18.3 Å². The molecule has 1 heterocycles. The molecule has 1 amide bonds. The largest absolute Gasteiger partial charge is 0.349 e. The Bertz CT molecular complexity index is 1080. The molecule has 0 spiro atoms. The molecular weight excluding hydrogens is 408 g/mol. The van der Waals surface area contributed by atoms with Crippen LogP contribution in [-0.4, -0.2) is 31.2 Å². The Kier molecular flexibility index (Phi) is 5.39. The Morgan fingerprint density at radius 1 is 1.03 bits per heavy atom. The van der Waals surface area contributed by atoms with E-state index >= 15 is 0 Å². The minimum Gasteiger partial charge on any atom is -0.349 e. The first kappa shape index (κ1) is 20.7. The van der Waals surface area contributed by atoms with Crippen LogP contribution < -0.4 is 5.32 Å². The fraction of sp³-hybridized carbons (Fsp3) is 0.480. The summed E-state index contributed by atoms with van der Waals surface area (Å²) in [5, 5.41) is 3.16. The number of amides is 1. The van der Waals surface area contributed by atoms with Crippen LogP contribution in [0, 0.1) is 17.8 Å². The monoisotopic (exact) mass is 438 g/mol. The molecule has 164 valence electrons. The molecule has 0 saturated heterocycles. The summed E-state index contributed by atoms with van der Waals surface area (Å²) in [4.78, 5) is 13.0. The third-order valence-electron chi connectivity index (χ3n) is 7.64. The molecule has 1 N–H and O–H groups in total. The number of carbonyl (C=O) groups is 1. The zero-order valence-corrected chi connectivity index (χ0v) is 18.8. The lowest BCUT2D eigenvalue weighted by Gasteiger charge is -2.29. The summed E-state index contributed by atoms with van der Waals surface area (Å²) in [5.74, 6) is 2.05. The van der Waals surface area contributed by atoms with Gasteiger partial charge in [0.05, 0.1) is 4.90 Å². The third kappa shape index (κ3) is 3.92. The third-order valence-corrected chi connectivity index (χ3v) is 9.50. The topological polar surface area (TPSA) is 66.5 Å². The molecule has 3 aliphatic rings. The maximum atomic E-state index is 13.1. The Labute approximate surface area is 184 Å². The van der Waals surface area contributed by atoms with E-state index in [1.807, 2.05) is 18.2 Å². The quantitative estimate of drug-likeness (QED) is 0.768. The van der Waals surface area contributed by atoms with Crippen molar-refractivity contribution in [2.45, 2.75) is 56.5 Å². The van der Waals surface area contributed by atoms with Crippen molar-refractivity contribution in [2.75, 3.05) is 6.54 Å². The number of nitrogens with one attached hydrogen (secondary N) is 1. The van der Waals surface area contributed by atoms with Gasteiger partial charge in [-0.25, -0.2) is 8.42 Å². The highest BCUT2D eigenvalue weighted by molar-refractivity contribution is 7.89. The number of carbonyl (C=O) groups excluding carboxylic acids is 1. The Morgan fingerprint density at radius 2 is 1.77 bits per heavy atom. The minimum absolute atomic E-state index is 0.119. The van der Waals surface area contributed by atoms with E-state index in [0.717, 1.165) is 23.8 Å². The maximum Gasteiger partial charge on any atom is 0.251 e. The van der Waals surface area contributed by atoms with Crippen molar-refractivity contribution in [3.63, 3.8) is 0 Å². The van der Waals surface area contributed by atoms with Crippen molar-refractivity contribution < 1.29 is 13.2 Å². The van der Waals surface area contributed by atoms with Gasteiger partial charge in [-0.1, -0.05) is 30.7 Å². The Hall–Kier alpha value is -2.18. The standard InChI is InChI=1S/C25H30N2O3S/c1-17(24-15-18-6-7-21(24)14-18)26-25(28)20-8-10-23(11-9-20)31(29,30)27-13-12-19-4-2-3-5-22(19)16-27/h2-5,8-11,17-18,21,24H,6-7,12-16H2,1H3,(H,26,28)/t17-,18+,21+,24-/m1/s1. The van der Waals surface area contributed by atoms with Crippen LogP contribution in [0.15, 0.2) is 53.4 Å². The zero-order valence-electron chi connectivity index (χ0n) is 18.0. The Balaban J connectivity index is 1.25. The average Bonchev–Trinajstić information content (AvgIpc) is 3.43. The molecule has 6 heteroatoms. The molecule has 2 aliphatic carbocycles. The summed E-state index contributed by atoms with van der Waals surface area (Å²) in [7, 11) is -3.59. The summed E-state index contributed by atoms with van der Waals surface area (Å²) in [5.41, 5.74) is 2.78. The van der Waals surface area contributed by atoms with Crippen LogP contribution in [-0.2, 0) is 23.0 Å². The predicted molar refractivity (Wildman–Crippen MR) is 120 cm³/mol. The lowest BCUT2D eigenvalue weighted by molar-refractivity contribution is 0.0915. The van der Waals surface area contributed by atoms with Gasteiger partial charge in [-0.05, 0) is 85.8 Å². The smallest absolute Gasteiger partial charge is 0.251 e. The van der Waals surface area contributed by atoms with Gasteiger partial charge in [-0.3, -0.25) is 4.79 Å². The van der Waals surface area contributed by atoms with Gasteiger partial charge in [-0.15, -0.1) is 0 Å². The van der Waals surface area contributed by atoms with Crippen molar-refractivity contribution in [2.24, 2.45) is 17.8 Å². The van der Waals surface area contributed by atoms with E-state index in [1.165, 1.54) is 35.6 Å². The molecule has 0 aromatic heterocycles. The van der Waals surface area contributed by atoms with Gasteiger partial charge >= 0.3 is 0 Å². The fourth-order valence-electron chi connectivity index (χ4n) is 5.91. The summed E-state index contributed by atoms with van der Waals surface area (Å²) >= 11 is 0. The summed E-state index contributed by atoms with van der Waals surface area (Å²) in [6.07, 6.45) is 5.90. The van der Waals surface area contributed by atoms with Crippen molar-refractivity contribution in [3.8, 4) is 0 Å². The van der Waals surface area contributed by atoms with Gasteiger partial charge in [0.25, 0.3) is 5.91 Å². The van der Waals surface area contributed by atoms with Crippen molar-refractivity contribution >= 4 is 15.9 Å². The molecule has 0 radical (unpaired) electrons. The van der Waals surface area contributed by atoms with E-state index < -0.39 is 10.0 Å². The number of sulfonamides is 1. The van der Waals surface area contributed by atoms with Gasteiger partial charge in [0.1, 0.15) is 0 Å². The van der Waals surface area contributed by atoms with Crippen LogP contribution in [0.4, 0.5) is 0 Å². The van der Waals surface area contributed by atoms with Crippen LogP contribution in [0.1, 0.15) is 54.1 Å². The second-order valence-corrected chi connectivity index (χ2v) is 11.4. The molecule has 2 aromatic carbocycles. The summed E-state index contributed by atoms with van der Waals surface area (Å²) in [6, 6.07) is 14.5. The first-order valence-corrected chi connectivity index (χ1v) is 12.8. The zero-order chi connectivity index (χ0) is 21.6. The first-order chi connectivity index (χ1) is 14.9. The molecule has 0 unspecified atom stereocenters. The van der Waals surface area contributed by atoms with Gasteiger partial charge in [0.15, 0.2) is 0 Å². The van der Waals surface area contributed by atoms with E-state index in [9.17, 15) is 13.2 Å². The van der Waals surface area contributed by atoms with Crippen LogP contribution in [0.25, 0.3) is 0 Å². The molecule has 2 saturated carbocycles. The molecule has 2 bridgehead atoms. The van der Waals surface area contributed by atoms with Crippen molar-refractivity contribution in [1.29, 1.82) is 0 Å². The van der Waals surface area contributed by atoms with Crippen LogP contribution in [0.3, 0.4) is 0 Å². The SMILES string of the molecule is C[C@@H](NC(=O)c1ccc(S(=O)(=O)N2CCc3ccccc3C2)cc1)[C@H]1C[C@H]2CC[C@H]1C2. The van der Waals surface area contributed by atoms with Crippen LogP contribution >= 0.6 is 0 Å². The number of hydrogen-bond donors (Lipinski definition) is 1. The van der Waals surface area contributed by atoms with Gasteiger partial charge in [0, 0.05) is 24.7 Å². The molecule has 31 heavy (non-hydrogen) atoms. The first-order valence-electron chi connectivity index (χ1n) is 11.4. The molecule has 5 nitrogen and oxygen atoms in total. The highest BCUT2D eigenvalue weighted by Gasteiger charge is 2.42. The maximum absolute atomic E-state index is 13.1. The van der Waals surface area contributed by atoms with Gasteiger partial charge < -0.3 is 5.32 Å². The van der Waals surface area contributed by atoms with E-state index in [0.29, 0.717) is 24.6 Å². The average molecular weight is 439 g/mol. The molecule has 2 fully saturated rings. The number of benzene rings is 2. The van der Waals surface area contributed by atoms with Crippen LogP contribution in [0.2, 0.25) is 0 Å². The van der Waals surface area contributed by atoms with E-state index in [4.69, 9.17) is 0 Å². The number of nitrogens with zero attached hydrogens (tertiary/aromatic N) is 1. The van der Waals surface area contributed by atoms with Gasteiger partial charge in [-0.2, -0.15) is 4.31 Å². The molecule has 2 aromatic rings. The normalized spacial score (nSPS) is 26.4. The lowest BCUT2D eigenvalue weighted by Crippen LogP contribution is -2.40. The molecule has 4 atom stereocenters. The Morgan fingerprint density at radius 3 is 2.45 bits per heavy atom. The predicted octanol–water partition coefficient (Wildman–Crippen LogP) is 3.99. The fourth-order valence-corrected chi connectivity index (χ4v) is 7.32. The highest BCUT2D eigenvalue weighted by Crippen LogP contribution is 2.49. The second-order valence-electron chi connectivity index (χ2n) is 9.48. The molecular formula is C25H30N2O3S.